The van der Waals surface area contributed by atoms with E-state index in [0.29, 0.717) is 31.5 Å². The molecule has 23 heavy (non-hydrogen) atoms. The molecular formula is C17H25FN2O3. The second kappa shape index (κ2) is 9.47. The van der Waals surface area contributed by atoms with Gasteiger partial charge in [-0.05, 0) is 37.9 Å². The number of ether oxygens (including phenoxy) is 1. The molecule has 1 aliphatic heterocycles. The molecule has 1 fully saturated rings. The van der Waals surface area contributed by atoms with Gasteiger partial charge in [-0.1, -0.05) is 12.5 Å². The van der Waals surface area contributed by atoms with Crippen LogP contribution in [0.3, 0.4) is 0 Å². The predicted octanol–water partition coefficient (Wildman–Crippen LogP) is 1.56. The van der Waals surface area contributed by atoms with Gasteiger partial charge in [-0.3, -0.25) is 9.69 Å². The van der Waals surface area contributed by atoms with Crippen LogP contribution in [0.15, 0.2) is 24.3 Å². The molecule has 1 aromatic rings. The first-order chi connectivity index (χ1) is 11.2. The highest BCUT2D eigenvalue weighted by Gasteiger charge is 2.23. The van der Waals surface area contributed by atoms with Gasteiger partial charge in [0.25, 0.3) is 0 Å². The van der Waals surface area contributed by atoms with Gasteiger partial charge in [0.05, 0.1) is 13.1 Å². The predicted molar refractivity (Wildman–Crippen MR) is 85.8 cm³/mol. The summed E-state index contributed by atoms with van der Waals surface area (Å²) in [6, 6.07) is 6.23. The molecule has 6 heteroatoms. The zero-order chi connectivity index (χ0) is 16.5. The van der Waals surface area contributed by atoms with Gasteiger partial charge in [-0.2, -0.15) is 0 Å². The number of halogens is 1. The van der Waals surface area contributed by atoms with Crippen LogP contribution in [0.1, 0.15) is 25.7 Å². The van der Waals surface area contributed by atoms with Crippen molar-refractivity contribution in [3.8, 4) is 5.75 Å². The molecule has 5 nitrogen and oxygen atoms in total. The summed E-state index contributed by atoms with van der Waals surface area (Å²) in [5, 5.41) is 11.9. The smallest absolute Gasteiger partial charge is 0.234 e. The zero-order valence-electron chi connectivity index (χ0n) is 13.3. The highest BCUT2D eigenvalue weighted by molar-refractivity contribution is 5.78. The fourth-order valence-corrected chi connectivity index (χ4v) is 2.90. The van der Waals surface area contributed by atoms with Crippen molar-refractivity contribution in [2.24, 2.45) is 0 Å². The van der Waals surface area contributed by atoms with E-state index in [1.165, 1.54) is 12.1 Å². The third-order valence-electron chi connectivity index (χ3n) is 4.05. The van der Waals surface area contributed by atoms with Crippen LogP contribution in [0, 0.1) is 5.82 Å². The maximum absolute atomic E-state index is 13.0. The molecule has 128 valence electrons. The fraction of sp³-hybridized carbons (Fsp3) is 0.588. The van der Waals surface area contributed by atoms with Crippen molar-refractivity contribution in [2.75, 3.05) is 32.8 Å². The van der Waals surface area contributed by atoms with Crippen molar-refractivity contribution in [1.82, 2.24) is 10.2 Å². The molecule has 0 radical (unpaired) electrons. The zero-order valence-corrected chi connectivity index (χ0v) is 13.3. The van der Waals surface area contributed by atoms with Crippen LogP contribution in [0.4, 0.5) is 4.39 Å². The van der Waals surface area contributed by atoms with Crippen molar-refractivity contribution in [2.45, 2.75) is 31.7 Å². The standard InChI is InChI=1S/C17H25FN2O3/c18-14-4-3-6-16(12-14)23-11-8-19-17(22)13-20-9-2-1-5-15(20)7-10-21/h3-4,6,12,15,21H,1-2,5,7-11,13H2,(H,19,22). The molecule has 1 saturated heterocycles. The largest absolute Gasteiger partial charge is 0.492 e. The summed E-state index contributed by atoms with van der Waals surface area (Å²) in [5.74, 6) is 0.0718. The van der Waals surface area contributed by atoms with E-state index in [0.717, 1.165) is 32.2 Å². The van der Waals surface area contributed by atoms with Crippen molar-refractivity contribution < 1.29 is 19.0 Å². The number of rotatable bonds is 8. The third kappa shape index (κ3) is 6.15. The van der Waals surface area contributed by atoms with Gasteiger partial charge < -0.3 is 15.2 Å². The minimum absolute atomic E-state index is 0.0438. The Morgan fingerprint density at radius 3 is 3.09 bits per heavy atom. The van der Waals surface area contributed by atoms with E-state index in [1.54, 1.807) is 12.1 Å². The van der Waals surface area contributed by atoms with E-state index in [9.17, 15) is 9.18 Å². The number of nitrogens with one attached hydrogen (secondary N) is 1. The van der Waals surface area contributed by atoms with E-state index in [2.05, 4.69) is 10.2 Å². The highest BCUT2D eigenvalue weighted by Crippen LogP contribution is 2.18. The summed E-state index contributed by atoms with van der Waals surface area (Å²) in [4.78, 5) is 14.1. The summed E-state index contributed by atoms with van der Waals surface area (Å²) in [7, 11) is 0. The number of likely N-dealkylation sites (tertiary alicyclic amines) is 1. The lowest BCUT2D eigenvalue weighted by atomic mass is 10.00. The van der Waals surface area contributed by atoms with Gasteiger partial charge in [-0.25, -0.2) is 4.39 Å². The number of carbonyl (C=O) groups is 1. The van der Waals surface area contributed by atoms with E-state index in [-0.39, 0.29) is 18.3 Å². The SMILES string of the molecule is O=C(CN1CCCCC1CCO)NCCOc1cccc(F)c1. The molecular weight excluding hydrogens is 299 g/mol. The lowest BCUT2D eigenvalue weighted by Gasteiger charge is -2.34. The minimum atomic E-state index is -0.341. The van der Waals surface area contributed by atoms with Crippen molar-refractivity contribution in [3.05, 3.63) is 30.1 Å². The van der Waals surface area contributed by atoms with Crippen LogP contribution in [-0.4, -0.2) is 54.8 Å². The summed E-state index contributed by atoms with van der Waals surface area (Å²) in [5.41, 5.74) is 0. The Balaban J connectivity index is 1.66. The normalized spacial score (nSPS) is 18.6. The molecule has 0 bridgehead atoms. The Kier molecular flexibility index (Phi) is 7.29. The fourth-order valence-electron chi connectivity index (χ4n) is 2.90. The first-order valence-corrected chi connectivity index (χ1v) is 8.19. The highest BCUT2D eigenvalue weighted by atomic mass is 19.1. The molecule has 1 amide bonds. The van der Waals surface area contributed by atoms with E-state index < -0.39 is 0 Å². The maximum Gasteiger partial charge on any atom is 0.234 e. The number of nitrogens with zero attached hydrogens (tertiary/aromatic N) is 1. The van der Waals surface area contributed by atoms with Crippen LogP contribution in [0.2, 0.25) is 0 Å². The Bertz CT molecular complexity index is 496. The number of piperidine rings is 1. The number of hydrogen-bond acceptors (Lipinski definition) is 4. The van der Waals surface area contributed by atoms with Crippen LogP contribution in [0.25, 0.3) is 0 Å². The van der Waals surface area contributed by atoms with E-state index in [4.69, 9.17) is 9.84 Å². The molecule has 1 atom stereocenters. The molecule has 1 unspecified atom stereocenters. The number of amides is 1. The summed E-state index contributed by atoms with van der Waals surface area (Å²) in [6.45, 7) is 2.09. The number of hydrogen-bond donors (Lipinski definition) is 2. The van der Waals surface area contributed by atoms with E-state index in [1.807, 2.05) is 0 Å². The molecule has 1 heterocycles. The van der Waals surface area contributed by atoms with Gasteiger partial charge in [0, 0.05) is 18.7 Å². The summed E-state index contributed by atoms with van der Waals surface area (Å²) >= 11 is 0. The van der Waals surface area contributed by atoms with Crippen LogP contribution in [0.5, 0.6) is 5.75 Å². The monoisotopic (exact) mass is 324 g/mol. The van der Waals surface area contributed by atoms with Crippen molar-refractivity contribution in [1.29, 1.82) is 0 Å². The number of aliphatic hydroxyl groups excluding tert-OH is 1. The average Bonchev–Trinajstić information content (AvgIpc) is 2.54. The van der Waals surface area contributed by atoms with Gasteiger partial charge in [0.15, 0.2) is 0 Å². The lowest BCUT2D eigenvalue weighted by Crippen LogP contribution is -2.46. The maximum atomic E-state index is 13.0. The van der Waals surface area contributed by atoms with Crippen LogP contribution in [-0.2, 0) is 4.79 Å². The molecule has 2 N–H and O–H groups in total. The third-order valence-corrected chi connectivity index (χ3v) is 4.05. The van der Waals surface area contributed by atoms with Gasteiger partial charge in [0.2, 0.25) is 5.91 Å². The Hall–Kier alpha value is -1.66. The van der Waals surface area contributed by atoms with Gasteiger partial charge in [0.1, 0.15) is 18.2 Å². The second-order valence-electron chi connectivity index (χ2n) is 5.79. The first-order valence-electron chi connectivity index (χ1n) is 8.19. The van der Waals surface area contributed by atoms with Crippen LogP contribution < -0.4 is 10.1 Å². The molecule has 0 aromatic heterocycles. The van der Waals surface area contributed by atoms with Gasteiger partial charge in [-0.15, -0.1) is 0 Å². The molecule has 1 aliphatic rings. The molecule has 0 aliphatic carbocycles. The van der Waals surface area contributed by atoms with Crippen molar-refractivity contribution >= 4 is 5.91 Å². The average molecular weight is 324 g/mol. The second-order valence-corrected chi connectivity index (χ2v) is 5.79. The molecule has 0 saturated carbocycles. The topological polar surface area (TPSA) is 61.8 Å². The van der Waals surface area contributed by atoms with Crippen molar-refractivity contribution in [3.63, 3.8) is 0 Å². The lowest BCUT2D eigenvalue weighted by molar-refractivity contribution is -0.123. The molecule has 1 aromatic carbocycles. The number of carbonyl (C=O) groups excluding carboxylic acids is 1. The first kappa shape index (κ1) is 17.7. The van der Waals surface area contributed by atoms with Crippen LogP contribution >= 0.6 is 0 Å². The summed E-state index contributed by atoms with van der Waals surface area (Å²) < 4.78 is 18.4. The number of benzene rings is 1. The quantitative estimate of drug-likeness (QED) is 0.713. The minimum Gasteiger partial charge on any atom is -0.492 e. The van der Waals surface area contributed by atoms with E-state index >= 15 is 0 Å². The molecule has 0 spiro atoms. The Labute approximate surface area is 136 Å². The summed E-state index contributed by atoms with van der Waals surface area (Å²) in [6.07, 6.45) is 4.01. The Morgan fingerprint density at radius 1 is 1.43 bits per heavy atom. The van der Waals surface area contributed by atoms with Gasteiger partial charge >= 0.3 is 0 Å². The molecule has 2 rings (SSSR count). The number of aliphatic hydroxyl groups is 1. The Morgan fingerprint density at radius 2 is 2.30 bits per heavy atom.